The highest BCUT2D eigenvalue weighted by Gasteiger charge is 2.32. The summed E-state index contributed by atoms with van der Waals surface area (Å²) < 4.78 is 45.4. The Hall–Kier alpha value is -1.67. The van der Waals surface area contributed by atoms with Gasteiger partial charge in [0.25, 0.3) is 0 Å². The highest BCUT2D eigenvalue weighted by atomic mass is 35.5. The average Bonchev–Trinajstić information content (AvgIpc) is 3.51. The van der Waals surface area contributed by atoms with Crippen LogP contribution >= 0.6 is 23.2 Å². The quantitative estimate of drug-likeness (QED) is 0.545. The molecule has 1 saturated carbocycles. The number of carbonyl (C=O) groups excluding carboxylic acids is 1. The zero-order chi connectivity index (χ0) is 22.2. The van der Waals surface area contributed by atoms with Gasteiger partial charge in [0, 0.05) is 16.6 Å². The van der Waals surface area contributed by atoms with Crippen molar-refractivity contribution in [2.75, 3.05) is 13.1 Å². The van der Waals surface area contributed by atoms with Crippen molar-refractivity contribution < 1.29 is 22.3 Å². The monoisotopic (exact) mass is 485 g/mol. The lowest BCUT2D eigenvalue weighted by Gasteiger charge is -2.31. The van der Waals surface area contributed by atoms with Gasteiger partial charge in [0.2, 0.25) is 0 Å². The minimum atomic E-state index is -3.54. The Morgan fingerprint density at radius 3 is 2.26 bits per heavy atom. The molecule has 1 aliphatic carbocycles. The van der Waals surface area contributed by atoms with Crippen molar-refractivity contribution >= 4 is 39.0 Å². The van der Waals surface area contributed by atoms with Gasteiger partial charge in [0.1, 0.15) is 11.9 Å². The molecule has 0 amide bonds. The van der Waals surface area contributed by atoms with E-state index in [1.165, 1.54) is 30.3 Å². The minimum Gasteiger partial charge on any atom is -0.459 e. The third kappa shape index (κ3) is 5.40. The number of carbonyl (C=O) groups is 1. The SMILES string of the molecule is O=C(OC1CC1)c1ccc(CN2CCC(S(=O)(=O)c3cc(Cl)cc(Cl)c3)CC2)cc1F. The molecule has 9 heteroatoms. The first kappa shape index (κ1) is 22.5. The number of ether oxygens (including phenoxy) is 1. The number of nitrogens with zero attached hydrogens (tertiary/aromatic N) is 1. The second kappa shape index (κ2) is 9.06. The van der Waals surface area contributed by atoms with E-state index < -0.39 is 26.9 Å². The lowest BCUT2D eigenvalue weighted by atomic mass is 10.1. The molecule has 1 saturated heterocycles. The molecule has 0 bridgehead atoms. The molecule has 0 atom stereocenters. The Balaban J connectivity index is 1.36. The fraction of sp³-hybridized carbons (Fsp3) is 0.409. The predicted molar refractivity (Wildman–Crippen MR) is 117 cm³/mol. The third-order valence-corrected chi connectivity index (χ3v) is 8.27. The van der Waals surface area contributed by atoms with Gasteiger partial charge in [-0.1, -0.05) is 29.3 Å². The van der Waals surface area contributed by atoms with E-state index >= 15 is 0 Å². The molecule has 31 heavy (non-hydrogen) atoms. The molecule has 0 aromatic heterocycles. The van der Waals surface area contributed by atoms with E-state index in [1.807, 2.05) is 0 Å². The van der Waals surface area contributed by atoms with E-state index in [2.05, 4.69) is 4.90 Å². The molecule has 2 aliphatic rings. The Morgan fingerprint density at radius 1 is 1.03 bits per heavy atom. The lowest BCUT2D eigenvalue weighted by molar-refractivity contribution is 0.0467. The van der Waals surface area contributed by atoms with Crippen molar-refractivity contribution in [1.29, 1.82) is 0 Å². The molecule has 2 aromatic rings. The molecule has 4 rings (SSSR count). The molecule has 1 aliphatic heterocycles. The summed E-state index contributed by atoms with van der Waals surface area (Å²) in [7, 11) is -3.54. The van der Waals surface area contributed by atoms with Gasteiger partial charge >= 0.3 is 5.97 Å². The van der Waals surface area contributed by atoms with Crippen LogP contribution in [0.3, 0.4) is 0 Å². The summed E-state index contributed by atoms with van der Waals surface area (Å²) in [5.41, 5.74) is 0.670. The number of rotatable bonds is 6. The second-order valence-corrected chi connectivity index (χ2v) is 11.1. The van der Waals surface area contributed by atoms with Gasteiger partial charge in [0.05, 0.1) is 15.7 Å². The normalized spacial score (nSPS) is 18.2. The van der Waals surface area contributed by atoms with Crippen molar-refractivity contribution in [2.24, 2.45) is 0 Å². The molecular weight excluding hydrogens is 464 g/mol. The Kier molecular flexibility index (Phi) is 6.58. The van der Waals surface area contributed by atoms with Crippen LogP contribution in [0, 0.1) is 5.82 Å². The standard InChI is InChI=1S/C22H22Cl2FNO4S/c23-15-10-16(24)12-19(11-15)31(28,29)18-5-7-26(8-6-18)13-14-1-4-20(21(25)9-14)22(27)30-17-2-3-17/h1,4,9-12,17-18H,2-3,5-8,13H2. The summed E-state index contributed by atoms with van der Waals surface area (Å²) in [5, 5.41) is 0.0552. The molecule has 2 aromatic carbocycles. The first-order valence-corrected chi connectivity index (χ1v) is 12.4. The van der Waals surface area contributed by atoms with E-state index in [1.54, 1.807) is 6.07 Å². The van der Waals surface area contributed by atoms with Crippen molar-refractivity contribution in [2.45, 2.75) is 48.5 Å². The number of piperidine rings is 1. The summed E-state index contributed by atoms with van der Waals surface area (Å²) in [6.45, 7) is 1.60. The van der Waals surface area contributed by atoms with Gasteiger partial charge in [-0.3, -0.25) is 4.90 Å². The number of benzene rings is 2. The largest absolute Gasteiger partial charge is 0.459 e. The Labute approximate surface area is 191 Å². The van der Waals surface area contributed by atoms with E-state index in [-0.39, 0.29) is 26.6 Å². The third-order valence-electron chi connectivity index (χ3n) is 5.60. The maximum absolute atomic E-state index is 14.4. The van der Waals surface area contributed by atoms with Gasteiger partial charge in [-0.05, 0) is 74.7 Å². The number of halogens is 3. The summed E-state index contributed by atoms with van der Waals surface area (Å²) in [6, 6.07) is 8.86. The molecule has 166 valence electrons. The first-order chi connectivity index (χ1) is 14.7. The maximum Gasteiger partial charge on any atom is 0.341 e. The van der Waals surface area contributed by atoms with Crippen molar-refractivity contribution in [1.82, 2.24) is 4.90 Å². The van der Waals surface area contributed by atoms with Crippen molar-refractivity contribution in [3.63, 3.8) is 0 Å². The summed E-state index contributed by atoms with van der Waals surface area (Å²) in [6.07, 6.45) is 2.51. The van der Waals surface area contributed by atoms with Crippen molar-refractivity contribution in [3.8, 4) is 0 Å². The Morgan fingerprint density at radius 2 is 1.68 bits per heavy atom. The van der Waals surface area contributed by atoms with Crippen LogP contribution in [0.4, 0.5) is 4.39 Å². The van der Waals surface area contributed by atoms with Crippen LogP contribution in [0.2, 0.25) is 10.0 Å². The highest BCUT2D eigenvalue weighted by molar-refractivity contribution is 7.92. The van der Waals surface area contributed by atoms with Crippen LogP contribution in [0.1, 0.15) is 41.6 Å². The van der Waals surface area contributed by atoms with E-state index in [0.29, 0.717) is 32.5 Å². The van der Waals surface area contributed by atoms with Crippen LogP contribution < -0.4 is 0 Å². The number of hydrogen-bond acceptors (Lipinski definition) is 5. The van der Waals surface area contributed by atoms with Crippen LogP contribution in [-0.4, -0.2) is 43.7 Å². The molecule has 0 unspecified atom stereocenters. The number of esters is 1. The van der Waals surface area contributed by atoms with Crippen LogP contribution in [0.15, 0.2) is 41.3 Å². The van der Waals surface area contributed by atoms with Gasteiger partial charge in [0.15, 0.2) is 9.84 Å². The molecular formula is C22H22Cl2FNO4S. The van der Waals surface area contributed by atoms with Gasteiger partial charge in [-0.25, -0.2) is 17.6 Å². The summed E-state index contributed by atoms with van der Waals surface area (Å²) >= 11 is 11.9. The molecule has 5 nitrogen and oxygen atoms in total. The molecule has 0 spiro atoms. The topological polar surface area (TPSA) is 63.7 Å². The van der Waals surface area contributed by atoms with E-state index in [0.717, 1.165) is 18.4 Å². The zero-order valence-electron chi connectivity index (χ0n) is 16.7. The Bertz CT molecular complexity index is 1080. The van der Waals surface area contributed by atoms with Crippen LogP contribution in [-0.2, 0) is 21.1 Å². The average molecular weight is 486 g/mol. The lowest BCUT2D eigenvalue weighted by Crippen LogP contribution is -2.38. The molecule has 2 fully saturated rings. The second-order valence-electron chi connectivity index (χ2n) is 8.04. The number of hydrogen-bond donors (Lipinski definition) is 0. The van der Waals surface area contributed by atoms with Gasteiger partial charge in [-0.15, -0.1) is 0 Å². The van der Waals surface area contributed by atoms with Crippen molar-refractivity contribution in [3.05, 3.63) is 63.4 Å². The maximum atomic E-state index is 14.4. The zero-order valence-corrected chi connectivity index (χ0v) is 19.0. The van der Waals surface area contributed by atoms with Crippen LogP contribution in [0.25, 0.3) is 0 Å². The number of likely N-dealkylation sites (tertiary alicyclic amines) is 1. The summed E-state index contributed by atoms with van der Waals surface area (Å²) in [5.74, 6) is -1.22. The fourth-order valence-corrected chi connectivity index (χ4v) is 6.20. The number of sulfone groups is 1. The molecule has 0 radical (unpaired) electrons. The molecule has 0 N–H and O–H groups in total. The van der Waals surface area contributed by atoms with E-state index in [9.17, 15) is 17.6 Å². The van der Waals surface area contributed by atoms with Crippen LogP contribution in [0.5, 0.6) is 0 Å². The smallest absolute Gasteiger partial charge is 0.341 e. The highest BCUT2D eigenvalue weighted by Crippen LogP contribution is 2.30. The molecule has 1 heterocycles. The van der Waals surface area contributed by atoms with E-state index in [4.69, 9.17) is 27.9 Å². The first-order valence-electron chi connectivity index (χ1n) is 10.1. The predicted octanol–water partition coefficient (Wildman–Crippen LogP) is 4.89. The van der Waals surface area contributed by atoms with Gasteiger partial charge < -0.3 is 4.74 Å². The van der Waals surface area contributed by atoms with Gasteiger partial charge in [-0.2, -0.15) is 0 Å². The summed E-state index contributed by atoms with van der Waals surface area (Å²) in [4.78, 5) is 14.2. The fourth-order valence-electron chi connectivity index (χ4n) is 3.74. The minimum absolute atomic E-state index is 0.0550.